The van der Waals surface area contributed by atoms with Crippen LogP contribution in [0, 0.1) is 16.7 Å². The molecule has 14 heavy (non-hydrogen) atoms. The molecule has 1 N–H and O–H groups in total. The van der Waals surface area contributed by atoms with Crippen LogP contribution in [0.3, 0.4) is 0 Å². The Morgan fingerprint density at radius 1 is 1.64 bits per heavy atom. The molecule has 2 unspecified atom stereocenters. The second-order valence-electron chi connectivity index (χ2n) is 4.05. The second-order valence-corrected chi connectivity index (χ2v) is 4.05. The number of cyclic esters (lactones) is 1. The molecule has 0 saturated carbocycles. The average molecular weight is 197 g/mol. The van der Waals surface area contributed by atoms with Gasteiger partial charge in [-0.25, -0.2) is 0 Å². The highest BCUT2D eigenvalue weighted by Gasteiger charge is 2.28. The Bertz CT molecular complexity index is 259. The third kappa shape index (κ3) is 3.00. The normalized spacial score (nSPS) is 34.6. The lowest BCUT2D eigenvalue weighted by atomic mass is 9.82. The zero-order valence-corrected chi connectivity index (χ0v) is 8.32. The molecule has 0 aromatic carbocycles. The van der Waals surface area contributed by atoms with E-state index in [1.807, 2.05) is 6.92 Å². The summed E-state index contributed by atoms with van der Waals surface area (Å²) in [7, 11) is 0. The van der Waals surface area contributed by atoms with E-state index in [0.29, 0.717) is 19.3 Å². The second kappa shape index (κ2) is 4.43. The SMILES string of the molecule is CC1(C#N)CCC(=O)OCC(O)CC1. The van der Waals surface area contributed by atoms with Gasteiger partial charge in [-0.15, -0.1) is 0 Å². The average Bonchev–Trinajstić information content (AvgIpc) is 2.25. The number of rotatable bonds is 0. The maximum absolute atomic E-state index is 11.1. The van der Waals surface area contributed by atoms with Crippen molar-refractivity contribution >= 4 is 5.97 Å². The predicted octanol–water partition coefficient (Wildman–Crippen LogP) is 0.994. The number of aliphatic hydroxyl groups excluding tert-OH is 1. The van der Waals surface area contributed by atoms with Gasteiger partial charge in [-0.3, -0.25) is 4.79 Å². The van der Waals surface area contributed by atoms with Crippen molar-refractivity contribution in [2.75, 3.05) is 6.61 Å². The van der Waals surface area contributed by atoms with Gasteiger partial charge < -0.3 is 9.84 Å². The minimum Gasteiger partial charge on any atom is -0.463 e. The van der Waals surface area contributed by atoms with Gasteiger partial charge in [0, 0.05) is 6.42 Å². The summed E-state index contributed by atoms with van der Waals surface area (Å²) in [5, 5.41) is 18.3. The molecule has 0 amide bonds. The lowest BCUT2D eigenvalue weighted by Crippen LogP contribution is -2.18. The molecule has 0 spiro atoms. The predicted molar refractivity (Wildman–Crippen MR) is 49.2 cm³/mol. The number of carbonyl (C=O) groups excluding carboxylic acids is 1. The van der Waals surface area contributed by atoms with Crippen LogP contribution >= 0.6 is 0 Å². The monoisotopic (exact) mass is 197 g/mol. The maximum atomic E-state index is 11.1. The van der Waals surface area contributed by atoms with Crippen molar-refractivity contribution in [3.8, 4) is 6.07 Å². The van der Waals surface area contributed by atoms with Crippen molar-refractivity contribution in [1.82, 2.24) is 0 Å². The fourth-order valence-corrected chi connectivity index (χ4v) is 1.44. The summed E-state index contributed by atoms with van der Waals surface area (Å²) in [5.74, 6) is -0.326. The Morgan fingerprint density at radius 2 is 2.36 bits per heavy atom. The minimum atomic E-state index is -0.635. The molecule has 1 aliphatic rings. The number of hydrogen-bond donors (Lipinski definition) is 1. The summed E-state index contributed by atoms with van der Waals surface area (Å²) >= 11 is 0. The summed E-state index contributed by atoms with van der Waals surface area (Å²) in [6, 6.07) is 2.20. The van der Waals surface area contributed by atoms with Gasteiger partial charge in [0.05, 0.1) is 17.6 Å². The van der Waals surface area contributed by atoms with Gasteiger partial charge in [-0.1, -0.05) is 0 Å². The van der Waals surface area contributed by atoms with Crippen molar-refractivity contribution in [3.63, 3.8) is 0 Å². The largest absolute Gasteiger partial charge is 0.463 e. The first kappa shape index (κ1) is 11.0. The van der Waals surface area contributed by atoms with E-state index in [1.165, 1.54) is 0 Å². The summed E-state index contributed by atoms with van der Waals surface area (Å²) < 4.78 is 4.81. The van der Waals surface area contributed by atoms with Gasteiger partial charge in [-0.2, -0.15) is 5.26 Å². The van der Waals surface area contributed by atoms with Crippen molar-refractivity contribution in [2.24, 2.45) is 5.41 Å². The number of aliphatic hydroxyl groups is 1. The molecular weight excluding hydrogens is 182 g/mol. The number of carbonyl (C=O) groups is 1. The molecule has 4 nitrogen and oxygen atoms in total. The van der Waals surface area contributed by atoms with Crippen molar-refractivity contribution < 1.29 is 14.6 Å². The molecular formula is C10H15NO3. The Labute approximate surface area is 83.5 Å². The summed E-state index contributed by atoms with van der Waals surface area (Å²) in [6.07, 6.45) is 1.26. The van der Waals surface area contributed by atoms with Crippen LogP contribution in [0.4, 0.5) is 0 Å². The summed E-state index contributed by atoms with van der Waals surface area (Å²) in [4.78, 5) is 11.1. The van der Waals surface area contributed by atoms with Crippen LogP contribution < -0.4 is 0 Å². The highest BCUT2D eigenvalue weighted by molar-refractivity contribution is 5.69. The molecule has 0 radical (unpaired) electrons. The Hall–Kier alpha value is -1.08. The number of ether oxygens (including phenoxy) is 1. The summed E-state index contributed by atoms with van der Waals surface area (Å²) in [6.45, 7) is 1.87. The molecule has 1 fully saturated rings. The zero-order valence-electron chi connectivity index (χ0n) is 8.32. The van der Waals surface area contributed by atoms with Crippen LogP contribution in [0.5, 0.6) is 0 Å². The molecule has 1 aliphatic heterocycles. The van der Waals surface area contributed by atoms with Crippen molar-refractivity contribution in [3.05, 3.63) is 0 Å². The molecule has 2 atom stereocenters. The van der Waals surface area contributed by atoms with E-state index in [4.69, 9.17) is 10.00 Å². The number of nitrogens with zero attached hydrogens (tertiary/aromatic N) is 1. The molecule has 1 heterocycles. The number of nitriles is 1. The smallest absolute Gasteiger partial charge is 0.305 e. The first-order valence-corrected chi connectivity index (χ1v) is 4.81. The molecule has 1 saturated heterocycles. The van der Waals surface area contributed by atoms with Gasteiger partial charge in [0.25, 0.3) is 0 Å². The van der Waals surface area contributed by atoms with Crippen molar-refractivity contribution in [1.29, 1.82) is 5.26 Å². The van der Waals surface area contributed by atoms with E-state index < -0.39 is 11.5 Å². The van der Waals surface area contributed by atoms with E-state index in [0.717, 1.165) is 0 Å². The Balaban J connectivity index is 2.66. The number of esters is 1. The maximum Gasteiger partial charge on any atom is 0.305 e. The fourth-order valence-electron chi connectivity index (χ4n) is 1.44. The van der Waals surface area contributed by atoms with Gasteiger partial charge >= 0.3 is 5.97 Å². The first-order valence-electron chi connectivity index (χ1n) is 4.81. The van der Waals surface area contributed by atoms with Crippen LogP contribution in [0.15, 0.2) is 0 Å². The third-order valence-electron chi connectivity index (χ3n) is 2.62. The molecule has 0 aliphatic carbocycles. The topological polar surface area (TPSA) is 70.3 Å². The minimum absolute atomic E-state index is 0.0559. The van der Waals surface area contributed by atoms with Crippen LogP contribution in [0.2, 0.25) is 0 Å². The molecule has 0 aromatic rings. The van der Waals surface area contributed by atoms with Gasteiger partial charge in [0.2, 0.25) is 0 Å². The molecule has 4 heteroatoms. The molecule has 1 rings (SSSR count). The van der Waals surface area contributed by atoms with E-state index in [9.17, 15) is 9.90 Å². The highest BCUT2D eigenvalue weighted by Crippen LogP contribution is 2.30. The summed E-state index contributed by atoms with van der Waals surface area (Å²) in [5.41, 5.74) is -0.510. The van der Waals surface area contributed by atoms with Crippen LogP contribution in [0.25, 0.3) is 0 Å². The third-order valence-corrected chi connectivity index (χ3v) is 2.62. The lowest BCUT2D eigenvalue weighted by Gasteiger charge is -2.19. The van der Waals surface area contributed by atoms with E-state index >= 15 is 0 Å². The van der Waals surface area contributed by atoms with E-state index in [2.05, 4.69) is 6.07 Å². The van der Waals surface area contributed by atoms with Gasteiger partial charge in [0.15, 0.2) is 0 Å². The lowest BCUT2D eigenvalue weighted by molar-refractivity contribution is -0.146. The van der Waals surface area contributed by atoms with Crippen molar-refractivity contribution in [2.45, 2.75) is 38.7 Å². The zero-order chi connectivity index (χ0) is 10.6. The molecule has 0 bridgehead atoms. The standard InChI is InChI=1S/C10H15NO3/c1-10(7-11)4-2-8(12)6-14-9(13)3-5-10/h8,12H,2-6H2,1H3. The van der Waals surface area contributed by atoms with E-state index in [-0.39, 0.29) is 19.0 Å². The van der Waals surface area contributed by atoms with Crippen LogP contribution in [-0.4, -0.2) is 23.8 Å². The van der Waals surface area contributed by atoms with Crippen LogP contribution in [-0.2, 0) is 9.53 Å². The highest BCUT2D eigenvalue weighted by atomic mass is 16.5. The first-order chi connectivity index (χ1) is 6.56. The van der Waals surface area contributed by atoms with E-state index in [1.54, 1.807) is 0 Å². The molecule has 78 valence electrons. The van der Waals surface area contributed by atoms with Crippen LogP contribution in [0.1, 0.15) is 32.6 Å². The number of hydrogen-bond acceptors (Lipinski definition) is 4. The Morgan fingerprint density at radius 3 is 3.00 bits per heavy atom. The van der Waals surface area contributed by atoms with Gasteiger partial charge in [0.1, 0.15) is 6.61 Å². The molecule has 0 aromatic heterocycles. The quantitative estimate of drug-likeness (QED) is 0.588. The Kier molecular flexibility index (Phi) is 3.48. The fraction of sp³-hybridized carbons (Fsp3) is 0.800. The van der Waals surface area contributed by atoms with Gasteiger partial charge in [-0.05, 0) is 26.2 Å².